The van der Waals surface area contributed by atoms with E-state index in [2.05, 4.69) is 35.5 Å². The Morgan fingerprint density at radius 2 is 1.87 bits per heavy atom. The number of H-pyrrole nitrogens is 1. The van der Waals surface area contributed by atoms with Crippen LogP contribution in [0.2, 0.25) is 0 Å². The Kier molecular flexibility index (Phi) is 6.92. The third-order valence-electron chi connectivity index (χ3n) is 5.52. The van der Waals surface area contributed by atoms with Gasteiger partial charge < -0.3 is 20.1 Å². The molecule has 0 radical (unpaired) electrons. The van der Waals surface area contributed by atoms with Crippen molar-refractivity contribution < 1.29 is 27.4 Å². The Morgan fingerprint density at radius 3 is 2.67 bits per heavy atom. The van der Waals surface area contributed by atoms with E-state index in [-0.39, 0.29) is 24.4 Å². The second kappa shape index (κ2) is 10.5. The third kappa shape index (κ3) is 6.35. The molecule has 1 amide bonds. The molecule has 0 bridgehead atoms. The minimum atomic E-state index is -4.85. The van der Waals surface area contributed by atoms with Crippen LogP contribution in [0, 0.1) is 0 Å². The molecule has 0 unspecified atom stereocenters. The number of alkyl halides is 3. The van der Waals surface area contributed by atoms with Crippen LogP contribution < -0.4 is 20.1 Å². The fraction of sp³-hybridized carbons (Fsp3) is 0.185. The van der Waals surface area contributed by atoms with Gasteiger partial charge in [-0.15, -0.1) is 13.2 Å². The molecule has 0 fully saturated rings. The van der Waals surface area contributed by atoms with Crippen LogP contribution in [0.5, 0.6) is 11.5 Å². The molecule has 0 spiro atoms. The molecule has 0 atom stereocenters. The number of amides is 1. The van der Waals surface area contributed by atoms with Crippen LogP contribution in [0.1, 0.15) is 13.8 Å². The highest BCUT2D eigenvalue weighted by Gasteiger charge is 2.31. The van der Waals surface area contributed by atoms with Crippen LogP contribution in [0.15, 0.2) is 66.9 Å². The molecular weight excluding hydrogens is 513 g/mol. The minimum Gasteiger partial charge on any atom is -0.484 e. The van der Waals surface area contributed by atoms with Gasteiger partial charge in [0.2, 0.25) is 0 Å². The first-order valence-corrected chi connectivity index (χ1v) is 11.9. The average Bonchev–Trinajstić information content (AvgIpc) is 3.34. The molecule has 39 heavy (non-hydrogen) atoms. The molecule has 2 heterocycles. The summed E-state index contributed by atoms with van der Waals surface area (Å²) < 4.78 is 48.4. The van der Waals surface area contributed by atoms with Crippen molar-refractivity contribution in [3.8, 4) is 22.9 Å². The number of ether oxygens (including phenoxy) is 2. The molecule has 12 heteroatoms. The van der Waals surface area contributed by atoms with Crippen molar-refractivity contribution in [1.82, 2.24) is 25.5 Å². The number of nitrogens with zero attached hydrogens (tertiary/aromatic N) is 3. The predicted molar refractivity (Wildman–Crippen MR) is 140 cm³/mol. The summed E-state index contributed by atoms with van der Waals surface area (Å²) in [5.41, 5.74) is 2.45. The number of nitrogens with one attached hydrogen (secondary N) is 3. The van der Waals surface area contributed by atoms with Gasteiger partial charge in [-0.2, -0.15) is 5.10 Å². The summed E-state index contributed by atoms with van der Waals surface area (Å²) in [6.07, 6.45) is -3.19. The molecule has 2 aromatic heterocycles. The van der Waals surface area contributed by atoms with Crippen LogP contribution in [0.25, 0.3) is 33.2 Å². The van der Waals surface area contributed by atoms with Gasteiger partial charge in [0.05, 0.1) is 17.2 Å². The molecule has 3 N–H and O–H groups in total. The summed E-state index contributed by atoms with van der Waals surface area (Å²) in [4.78, 5) is 21.2. The largest absolute Gasteiger partial charge is 0.573 e. The minimum absolute atomic E-state index is 0.0133. The molecule has 200 valence electrons. The average molecular weight is 537 g/mol. The zero-order chi connectivity index (χ0) is 27.6. The van der Waals surface area contributed by atoms with E-state index in [1.807, 2.05) is 26.0 Å². The van der Waals surface area contributed by atoms with Crippen molar-refractivity contribution >= 4 is 39.2 Å². The van der Waals surface area contributed by atoms with Gasteiger partial charge in [0.1, 0.15) is 17.3 Å². The van der Waals surface area contributed by atoms with Gasteiger partial charge in [0.15, 0.2) is 12.4 Å². The van der Waals surface area contributed by atoms with Crippen LogP contribution in [0.4, 0.5) is 24.7 Å². The van der Waals surface area contributed by atoms with E-state index in [1.165, 1.54) is 18.2 Å². The van der Waals surface area contributed by atoms with E-state index in [1.54, 1.807) is 36.5 Å². The van der Waals surface area contributed by atoms with Crippen LogP contribution in [-0.4, -0.2) is 45.1 Å². The number of carbonyl (C=O) groups is 1. The Bertz CT molecular complexity index is 1650. The van der Waals surface area contributed by atoms with Crippen LogP contribution >= 0.6 is 0 Å². The number of halogens is 3. The topological polar surface area (TPSA) is 114 Å². The van der Waals surface area contributed by atoms with E-state index in [4.69, 9.17) is 4.74 Å². The van der Waals surface area contributed by atoms with E-state index >= 15 is 0 Å². The number of rotatable bonds is 8. The number of aromatic amines is 1. The van der Waals surface area contributed by atoms with Crippen molar-refractivity contribution in [2.75, 3.05) is 11.9 Å². The second-order valence-electron chi connectivity index (χ2n) is 8.96. The zero-order valence-electron chi connectivity index (χ0n) is 20.8. The molecule has 0 saturated carbocycles. The molecule has 0 saturated heterocycles. The van der Waals surface area contributed by atoms with Gasteiger partial charge in [0, 0.05) is 28.1 Å². The Hall–Kier alpha value is -4.87. The van der Waals surface area contributed by atoms with Crippen molar-refractivity contribution in [1.29, 1.82) is 0 Å². The SMILES string of the molecule is CC(C)NC(=O)COc1cccc(-c2nc(Nc3ccc4[nH]ncc4c3)c3cc(OC(F)(F)F)ccc3n2)c1. The van der Waals surface area contributed by atoms with Gasteiger partial charge in [-0.05, 0) is 62.4 Å². The molecule has 9 nitrogen and oxygen atoms in total. The Morgan fingerprint density at radius 1 is 1.03 bits per heavy atom. The fourth-order valence-corrected chi connectivity index (χ4v) is 3.92. The highest BCUT2D eigenvalue weighted by atomic mass is 19.4. The van der Waals surface area contributed by atoms with Gasteiger partial charge in [0.25, 0.3) is 5.91 Å². The van der Waals surface area contributed by atoms with Crippen LogP contribution in [0.3, 0.4) is 0 Å². The smallest absolute Gasteiger partial charge is 0.484 e. The maximum Gasteiger partial charge on any atom is 0.573 e. The van der Waals surface area contributed by atoms with Crippen molar-refractivity contribution in [3.05, 3.63) is 66.9 Å². The summed E-state index contributed by atoms with van der Waals surface area (Å²) in [5, 5.41) is 14.0. The molecule has 5 aromatic rings. The highest BCUT2D eigenvalue weighted by molar-refractivity contribution is 5.94. The maximum atomic E-state index is 12.9. The fourth-order valence-electron chi connectivity index (χ4n) is 3.92. The van der Waals surface area contributed by atoms with Gasteiger partial charge in [-0.3, -0.25) is 9.89 Å². The van der Waals surface area contributed by atoms with Gasteiger partial charge in [-0.25, -0.2) is 9.97 Å². The first-order valence-electron chi connectivity index (χ1n) is 11.9. The second-order valence-corrected chi connectivity index (χ2v) is 8.96. The number of carbonyl (C=O) groups excluding carboxylic acids is 1. The first-order chi connectivity index (χ1) is 18.6. The van der Waals surface area contributed by atoms with Crippen molar-refractivity contribution in [3.63, 3.8) is 0 Å². The zero-order valence-corrected chi connectivity index (χ0v) is 20.8. The Labute approximate surface area is 220 Å². The first kappa shape index (κ1) is 25.8. The number of hydrogen-bond donors (Lipinski definition) is 3. The number of fused-ring (bicyclic) bond motifs is 2. The number of anilines is 2. The monoisotopic (exact) mass is 536 g/mol. The lowest BCUT2D eigenvalue weighted by molar-refractivity contribution is -0.274. The van der Waals surface area contributed by atoms with E-state index < -0.39 is 12.1 Å². The summed E-state index contributed by atoms with van der Waals surface area (Å²) in [7, 11) is 0. The molecular formula is C27H23F3N6O3. The number of benzene rings is 3. The number of hydrogen-bond acceptors (Lipinski definition) is 7. The summed E-state index contributed by atoms with van der Waals surface area (Å²) >= 11 is 0. The van der Waals surface area contributed by atoms with Crippen molar-refractivity contribution in [2.24, 2.45) is 0 Å². The normalized spacial score (nSPS) is 11.6. The van der Waals surface area contributed by atoms with E-state index in [0.29, 0.717) is 33.7 Å². The van der Waals surface area contributed by atoms with Crippen LogP contribution in [-0.2, 0) is 4.79 Å². The number of aromatic nitrogens is 4. The summed E-state index contributed by atoms with van der Waals surface area (Å²) in [6.45, 7) is 3.55. The van der Waals surface area contributed by atoms with Crippen molar-refractivity contribution in [2.45, 2.75) is 26.3 Å². The van der Waals surface area contributed by atoms with Gasteiger partial charge in [-0.1, -0.05) is 12.1 Å². The molecule has 3 aromatic carbocycles. The molecule has 5 rings (SSSR count). The lowest BCUT2D eigenvalue weighted by Crippen LogP contribution is -2.34. The third-order valence-corrected chi connectivity index (χ3v) is 5.52. The maximum absolute atomic E-state index is 12.9. The molecule has 0 aliphatic rings. The standard InChI is InChI=1S/C27H23F3N6O3/c1-15(2)32-24(37)14-38-19-5-3-4-16(11-19)25-34-23-9-7-20(39-27(28,29)30)12-21(23)26(35-25)33-18-6-8-22-17(10-18)13-31-36-22/h3-13,15H,14H2,1-2H3,(H,31,36)(H,32,37)(H,33,34,35). The summed E-state index contributed by atoms with van der Waals surface area (Å²) in [6, 6.07) is 16.2. The highest BCUT2D eigenvalue weighted by Crippen LogP contribution is 2.33. The van der Waals surface area contributed by atoms with E-state index in [0.717, 1.165) is 10.9 Å². The lowest BCUT2D eigenvalue weighted by Gasteiger charge is -2.14. The molecule has 0 aliphatic carbocycles. The predicted octanol–water partition coefficient (Wildman–Crippen LogP) is 5.72. The molecule has 0 aliphatic heterocycles. The summed E-state index contributed by atoms with van der Waals surface area (Å²) in [5.74, 6) is 0.359. The van der Waals surface area contributed by atoms with Gasteiger partial charge >= 0.3 is 6.36 Å². The quantitative estimate of drug-likeness (QED) is 0.232. The Balaban J connectivity index is 1.52. The lowest BCUT2D eigenvalue weighted by atomic mass is 10.1. The van der Waals surface area contributed by atoms with E-state index in [9.17, 15) is 18.0 Å².